The molecule has 1 heterocycles. The smallest absolute Gasteiger partial charge is 0.250 e. The molecule has 0 spiro atoms. The highest BCUT2D eigenvalue weighted by molar-refractivity contribution is 6.75. The van der Waals surface area contributed by atoms with Gasteiger partial charge in [-0.05, 0) is 60.0 Å². The van der Waals surface area contributed by atoms with E-state index in [2.05, 4.69) is 46.9 Å². The second-order valence-corrected chi connectivity index (χ2v) is 14.6. The fourth-order valence-corrected chi connectivity index (χ4v) is 5.25. The van der Waals surface area contributed by atoms with E-state index >= 15 is 0 Å². The first-order chi connectivity index (χ1) is 14.1. The molecule has 3 aromatic rings. The third-order valence-electron chi connectivity index (χ3n) is 6.99. The Bertz CT molecular complexity index is 1180. The van der Waals surface area contributed by atoms with Gasteiger partial charge in [-0.1, -0.05) is 32.9 Å². The van der Waals surface area contributed by atoms with Gasteiger partial charge >= 0.3 is 0 Å². The van der Waals surface area contributed by atoms with Crippen LogP contribution in [0.4, 0.5) is 0 Å². The molecule has 4 nitrogen and oxygen atoms in total. The Morgan fingerprint density at radius 2 is 1.90 bits per heavy atom. The number of aldehydes is 1. The topological polar surface area (TPSA) is 56.5 Å². The quantitative estimate of drug-likeness (QED) is 0.346. The Morgan fingerprint density at radius 3 is 2.57 bits per heavy atom. The second-order valence-electron chi connectivity index (χ2n) is 9.92. The molecule has 4 rings (SSSR count). The molecule has 1 aliphatic rings. The van der Waals surface area contributed by atoms with Crippen molar-refractivity contribution < 1.29 is 18.4 Å². The summed E-state index contributed by atoms with van der Waals surface area (Å²) in [5.74, 6) is 0.982. The molecule has 0 N–H and O–H groups in total. The summed E-state index contributed by atoms with van der Waals surface area (Å²) in [7, 11) is -2.16. The molecule has 0 saturated heterocycles. The maximum atomic E-state index is 12.4. The second kappa shape index (κ2) is 7.08. The Hall–Kier alpha value is -2.40. The van der Waals surface area contributed by atoms with Gasteiger partial charge in [0.05, 0.1) is 6.26 Å². The predicted molar refractivity (Wildman–Crippen MR) is 123 cm³/mol. The largest absolute Gasteiger partial charge is 0.541 e. The molecule has 0 unspecified atom stereocenters. The zero-order valence-corrected chi connectivity index (χ0v) is 19.8. The lowest BCUT2D eigenvalue weighted by Gasteiger charge is -2.37. The fraction of sp³-hybridized carbons (Fsp3) is 0.440. The molecule has 0 radical (unpaired) electrons. The molecular weight excluding hydrogens is 392 g/mol. The first-order valence-corrected chi connectivity index (χ1v) is 13.6. The summed E-state index contributed by atoms with van der Waals surface area (Å²) in [6.45, 7) is 13.2. The van der Waals surface area contributed by atoms with Crippen molar-refractivity contribution in [1.82, 2.24) is 0 Å². The molecule has 0 aliphatic heterocycles. The summed E-state index contributed by atoms with van der Waals surface area (Å²) >= 11 is 0. The third-order valence-corrected chi connectivity index (χ3v) is 11.3. The van der Waals surface area contributed by atoms with Crippen molar-refractivity contribution in [2.45, 2.75) is 71.5 Å². The lowest BCUT2D eigenvalue weighted by atomic mass is 9.93. The van der Waals surface area contributed by atoms with Crippen LogP contribution in [0.1, 0.15) is 60.7 Å². The van der Waals surface area contributed by atoms with E-state index in [0.717, 1.165) is 62.5 Å². The van der Waals surface area contributed by atoms with Crippen molar-refractivity contribution in [3.8, 4) is 5.75 Å². The van der Waals surface area contributed by atoms with Crippen molar-refractivity contribution in [2.75, 3.05) is 0 Å². The van der Waals surface area contributed by atoms with Crippen LogP contribution in [0, 0.1) is 6.92 Å². The van der Waals surface area contributed by atoms with Crippen LogP contribution >= 0.6 is 0 Å². The van der Waals surface area contributed by atoms with Crippen molar-refractivity contribution >= 4 is 42.1 Å². The first-order valence-electron chi connectivity index (χ1n) is 10.7. The standard InChI is InChI=1S/C25H30O4Si/c1-15-17-9-10-18-19(11-12-20(18)27)22(17)24(29-30(5,6)25(2,3)4)23-21(15)16(14-28-23)8-7-13-26/h9-10,13-14H,7-8,11-12H2,1-6H3. The maximum absolute atomic E-state index is 12.4. The number of hydrogen-bond donors (Lipinski definition) is 0. The van der Waals surface area contributed by atoms with Crippen molar-refractivity contribution in [3.63, 3.8) is 0 Å². The number of fused-ring (bicyclic) bond motifs is 4. The molecule has 5 heteroatoms. The lowest BCUT2D eigenvalue weighted by molar-refractivity contribution is -0.107. The molecular formula is C25H30O4Si. The van der Waals surface area contributed by atoms with E-state index in [1.807, 2.05) is 6.07 Å². The molecule has 0 fully saturated rings. The summed E-state index contributed by atoms with van der Waals surface area (Å²) in [4.78, 5) is 23.4. The summed E-state index contributed by atoms with van der Waals surface area (Å²) < 4.78 is 13.0. The number of Topliss-reactive ketones (excluding diaryl/α,β-unsaturated/α-hetero) is 1. The normalized spacial score (nSPS) is 14.5. The van der Waals surface area contributed by atoms with Gasteiger partial charge in [0.2, 0.25) is 0 Å². The maximum Gasteiger partial charge on any atom is 0.250 e. The van der Waals surface area contributed by atoms with E-state index in [4.69, 9.17) is 8.84 Å². The molecule has 0 bridgehead atoms. The molecule has 158 valence electrons. The van der Waals surface area contributed by atoms with Crippen LogP contribution < -0.4 is 4.43 Å². The van der Waals surface area contributed by atoms with Gasteiger partial charge in [-0.2, -0.15) is 0 Å². The van der Waals surface area contributed by atoms with E-state index in [-0.39, 0.29) is 10.8 Å². The van der Waals surface area contributed by atoms with Crippen LogP contribution in [0.2, 0.25) is 18.1 Å². The van der Waals surface area contributed by atoms with Gasteiger partial charge < -0.3 is 13.6 Å². The number of aryl methyl sites for hydroxylation is 3. The Morgan fingerprint density at radius 1 is 1.17 bits per heavy atom. The SMILES string of the molecule is Cc1c2ccc3c(c2c(O[Si](C)(C)C(C)(C)C)c2occ(CCC=O)c12)CCC3=O. The Labute approximate surface area is 178 Å². The highest BCUT2D eigenvalue weighted by Gasteiger charge is 2.40. The van der Waals surface area contributed by atoms with E-state index in [1.165, 1.54) is 0 Å². The van der Waals surface area contributed by atoms with Crippen molar-refractivity contribution in [2.24, 2.45) is 0 Å². The van der Waals surface area contributed by atoms with Gasteiger partial charge in [-0.25, -0.2) is 0 Å². The third kappa shape index (κ3) is 3.11. The minimum absolute atomic E-state index is 0.0250. The predicted octanol–water partition coefficient (Wildman–Crippen LogP) is 6.54. The minimum Gasteiger partial charge on any atom is -0.541 e. The van der Waals surface area contributed by atoms with Gasteiger partial charge in [0.25, 0.3) is 8.32 Å². The highest BCUT2D eigenvalue weighted by Crippen LogP contribution is 2.47. The Balaban J connectivity index is 2.09. The molecule has 1 aromatic heterocycles. The molecule has 0 saturated carbocycles. The number of rotatable bonds is 5. The van der Waals surface area contributed by atoms with Crippen molar-refractivity contribution in [1.29, 1.82) is 0 Å². The molecule has 0 amide bonds. The minimum atomic E-state index is -2.16. The first kappa shape index (κ1) is 20.9. The number of ketones is 1. The van der Waals surface area contributed by atoms with Gasteiger partial charge in [0, 0.05) is 29.2 Å². The van der Waals surface area contributed by atoms with Gasteiger partial charge in [0.1, 0.15) is 6.29 Å². The van der Waals surface area contributed by atoms with Crippen LogP contribution in [0.5, 0.6) is 5.75 Å². The van der Waals surface area contributed by atoms with E-state index in [9.17, 15) is 9.59 Å². The Kier molecular flexibility index (Phi) is 4.92. The van der Waals surface area contributed by atoms with E-state index in [1.54, 1.807) is 6.26 Å². The van der Waals surface area contributed by atoms with Gasteiger partial charge in [-0.3, -0.25) is 4.79 Å². The fourth-order valence-electron chi connectivity index (χ4n) is 4.24. The van der Waals surface area contributed by atoms with Crippen LogP contribution in [0.25, 0.3) is 21.7 Å². The highest BCUT2D eigenvalue weighted by atomic mass is 28.4. The van der Waals surface area contributed by atoms with Crippen LogP contribution in [0.15, 0.2) is 22.8 Å². The number of furan rings is 1. The molecule has 30 heavy (non-hydrogen) atoms. The average Bonchev–Trinajstić information content (AvgIpc) is 3.26. The number of benzene rings is 2. The summed E-state index contributed by atoms with van der Waals surface area (Å²) in [5.41, 5.74) is 4.81. The summed E-state index contributed by atoms with van der Waals surface area (Å²) in [5, 5.41) is 3.21. The van der Waals surface area contributed by atoms with Gasteiger partial charge in [-0.15, -0.1) is 0 Å². The lowest BCUT2D eigenvalue weighted by Crippen LogP contribution is -2.44. The number of carbonyl (C=O) groups is 2. The van der Waals surface area contributed by atoms with Crippen LogP contribution in [-0.4, -0.2) is 20.4 Å². The summed E-state index contributed by atoms with van der Waals surface area (Å²) in [6.07, 6.45) is 5.11. The van der Waals surface area contributed by atoms with Crippen LogP contribution in [0.3, 0.4) is 0 Å². The van der Waals surface area contributed by atoms with Crippen molar-refractivity contribution in [3.05, 3.63) is 40.6 Å². The molecule has 1 aliphatic carbocycles. The summed E-state index contributed by atoms with van der Waals surface area (Å²) in [6, 6.07) is 4.02. The monoisotopic (exact) mass is 422 g/mol. The zero-order valence-electron chi connectivity index (χ0n) is 18.8. The van der Waals surface area contributed by atoms with Gasteiger partial charge in [0.15, 0.2) is 17.1 Å². The van der Waals surface area contributed by atoms with E-state index in [0.29, 0.717) is 19.3 Å². The van der Waals surface area contributed by atoms with E-state index < -0.39 is 8.32 Å². The average molecular weight is 423 g/mol. The molecule has 2 aromatic carbocycles. The molecule has 0 atom stereocenters. The zero-order chi connectivity index (χ0) is 21.8. The number of hydrogen-bond acceptors (Lipinski definition) is 4. The van der Waals surface area contributed by atoms with Crippen LogP contribution in [-0.2, 0) is 17.6 Å². The number of carbonyl (C=O) groups excluding carboxylic acids is 2.